The summed E-state index contributed by atoms with van der Waals surface area (Å²) in [5.74, 6) is -1.04. The maximum absolute atomic E-state index is 12.4. The molecule has 2 fully saturated rings. The van der Waals surface area contributed by atoms with Gasteiger partial charge in [-0.25, -0.2) is 4.79 Å². The summed E-state index contributed by atoms with van der Waals surface area (Å²) >= 11 is 0. The number of hydrogen-bond acceptors (Lipinski definition) is 3. The van der Waals surface area contributed by atoms with Crippen molar-refractivity contribution in [1.82, 2.24) is 4.90 Å². The second-order valence-electron chi connectivity index (χ2n) is 5.15. The van der Waals surface area contributed by atoms with Gasteiger partial charge in [0, 0.05) is 13.2 Å². The van der Waals surface area contributed by atoms with Gasteiger partial charge in [-0.1, -0.05) is 12.8 Å². The van der Waals surface area contributed by atoms with Gasteiger partial charge in [0.1, 0.15) is 6.04 Å². The van der Waals surface area contributed by atoms with Crippen molar-refractivity contribution in [1.29, 1.82) is 0 Å². The Morgan fingerprint density at radius 2 is 1.94 bits per heavy atom. The Hall–Kier alpha value is -1.10. The lowest BCUT2D eigenvalue weighted by atomic mass is 9.99. The van der Waals surface area contributed by atoms with E-state index in [1.807, 2.05) is 0 Å². The second-order valence-corrected chi connectivity index (χ2v) is 5.15. The molecule has 1 N–H and O–H groups in total. The van der Waals surface area contributed by atoms with Crippen molar-refractivity contribution in [2.24, 2.45) is 5.92 Å². The van der Waals surface area contributed by atoms with E-state index >= 15 is 0 Å². The fraction of sp³-hybridized carbons (Fsp3) is 0.846. The summed E-state index contributed by atoms with van der Waals surface area (Å²) in [5.41, 5.74) is 0. The van der Waals surface area contributed by atoms with Gasteiger partial charge in [-0.15, -0.1) is 0 Å². The molecular weight excluding hydrogens is 234 g/mol. The third-order valence-electron chi connectivity index (χ3n) is 3.83. The Balaban J connectivity index is 2.06. The van der Waals surface area contributed by atoms with Gasteiger partial charge < -0.3 is 14.7 Å². The minimum atomic E-state index is -0.873. The SMILES string of the molecule is O=C(O)C1CCCCCN1C(=O)C1CCCOC1. The van der Waals surface area contributed by atoms with Crippen molar-refractivity contribution >= 4 is 11.9 Å². The monoisotopic (exact) mass is 255 g/mol. The van der Waals surface area contributed by atoms with Crippen LogP contribution in [0.15, 0.2) is 0 Å². The number of carboxylic acids is 1. The first-order valence-electron chi connectivity index (χ1n) is 6.81. The van der Waals surface area contributed by atoms with Crippen LogP contribution in [0.4, 0.5) is 0 Å². The molecule has 0 aliphatic carbocycles. The van der Waals surface area contributed by atoms with E-state index in [1.165, 1.54) is 0 Å². The molecule has 0 aromatic rings. The average molecular weight is 255 g/mol. The summed E-state index contributed by atoms with van der Waals surface area (Å²) in [6.07, 6.45) is 5.10. The summed E-state index contributed by atoms with van der Waals surface area (Å²) in [5, 5.41) is 9.26. The molecule has 2 unspecified atom stereocenters. The van der Waals surface area contributed by atoms with Gasteiger partial charge in [0.15, 0.2) is 0 Å². The predicted molar refractivity (Wildman–Crippen MR) is 65.1 cm³/mol. The predicted octanol–water partition coefficient (Wildman–Crippen LogP) is 1.27. The standard InChI is InChI=1S/C13H21NO4/c15-12(10-5-4-8-18-9-10)14-7-3-1-2-6-11(14)13(16)17/h10-11H,1-9H2,(H,16,17). The minimum Gasteiger partial charge on any atom is -0.480 e. The van der Waals surface area contributed by atoms with Crippen molar-refractivity contribution in [3.63, 3.8) is 0 Å². The van der Waals surface area contributed by atoms with Crippen LogP contribution in [0.25, 0.3) is 0 Å². The zero-order chi connectivity index (χ0) is 13.0. The van der Waals surface area contributed by atoms with E-state index in [9.17, 15) is 14.7 Å². The number of likely N-dealkylation sites (tertiary alicyclic amines) is 1. The van der Waals surface area contributed by atoms with Gasteiger partial charge in [0.2, 0.25) is 5.91 Å². The fourth-order valence-electron chi connectivity index (χ4n) is 2.80. The highest BCUT2D eigenvalue weighted by Gasteiger charge is 2.34. The molecule has 2 aliphatic rings. The fourth-order valence-corrected chi connectivity index (χ4v) is 2.80. The van der Waals surface area contributed by atoms with Crippen LogP contribution in [0, 0.1) is 5.92 Å². The third-order valence-corrected chi connectivity index (χ3v) is 3.83. The number of aliphatic carboxylic acids is 1. The zero-order valence-corrected chi connectivity index (χ0v) is 10.6. The molecule has 0 aromatic carbocycles. The number of nitrogens with zero attached hydrogens (tertiary/aromatic N) is 1. The highest BCUT2D eigenvalue weighted by Crippen LogP contribution is 2.23. The van der Waals surface area contributed by atoms with E-state index in [2.05, 4.69) is 0 Å². The number of carbonyl (C=O) groups is 2. The first kappa shape index (κ1) is 13.3. The minimum absolute atomic E-state index is 0.0241. The summed E-state index contributed by atoms with van der Waals surface area (Å²) in [6.45, 7) is 1.74. The molecule has 2 atom stereocenters. The van der Waals surface area contributed by atoms with Crippen LogP contribution in [0.3, 0.4) is 0 Å². The third kappa shape index (κ3) is 3.02. The second kappa shape index (κ2) is 6.18. The molecule has 2 saturated heterocycles. The number of amides is 1. The van der Waals surface area contributed by atoms with Crippen molar-refractivity contribution in [3.05, 3.63) is 0 Å². The van der Waals surface area contributed by atoms with Gasteiger partial charge in [-0.05, 0) is 25.7 Å². The molecule has 2 aliphatic heterocycles. The van der Waals surface area contributed by atoms with Crippen LogP contribution < -0.4 is 0 Å². The summed E-state index contributed by atoms with van der Waals surface area (Å²) in [6, 6.07) is -0.637. The van der Waals surface area contributed by atoms with Crippen molar-refractivity contribution in [2.45, 2.75) is 44.6 Å². The maximum atomic E-state index is 12.4. The van der Waals surface area contributed by atoms with Crippen molar-refractivity contribution < 1.29 is 19.4 Å². The largest absolute Gasteiger partial charge is 0.480 e. The number of carboxylic acid groups (broad SMARTS) is 1. The van der Waals surface area contributed by atoms with Gasteiger partial charge >= 0.3 is 5.97 Å². The van der Waals surface area contributed by atoms with Crippen LogP contribution in [0.1, 0.15) is 38.5 Å². The van der Waals surface area contributed by atoms with Crippen LogP contribution in [-0.2, 0) is 14.3 Å². The summed E-state index contributed by atoms with van der Waals surface area (Å²) in [4.78, 5) is 25.3. The molecule has 102 valence electrons. The molecular formula is C13H21NO4. The van der Waals surface area contributed by atoms with Crippen LogP contribution in [0.5, 0.6) is 0 Å². The number of hydrogen-bond donors (Lipinski definition) is 1. The Bertz CT molecular complexity index is 312. The first-order chi connectivity index (χ1) is 8.70. The summed E-state index contributed by atoms with van der Waals surface area (Å²) < 4.78 is 5.33. The molecule has 5 heteroatoms. The Kier molecular flexibility index (Phi) is 4.58. The number of carbonyl (C=O) groups excluding carboxylic acids is 1. The molecule has 0 spiro atoms. The summed E-state index contributed by atoms with van der Waals surface area (Å²) in [7, 11) is 0. The first-order valence-corrected chi connectivity index (χ1v) is 6.81. The van der Waals surface area contributed by atoms with E-state index in [-0.39, 0.29) is 11.8 Å². The van der Waals surface area contributed by atoms with Crippen LogP contribution in [0.2, 0.25) is 0 Å². The molecule has 0 saturated carbocycles. The number of rotatable bonds is 2. The Labute approximate surface area is 107 Å². The molecule has 2 heterocycles. The van der Waals surface area contributed by atoms with E-state index < -0.39 is 12.0 Å². The maximum Gasteiger partial charge on any atom is 0.326 e. The average Bonchev–Trinajstić information content (AvgIpc) is 2.64. The van der Waals surface area contributed by atoms with E-state index in [4.69, 9.17) is 4.74 Å². The molecule has 18 heavy (non-hydrogen) atoms. The van der Waals surface area contributed by atoms with E-state index in [1.54, 1.807) is 4.90 Å². The number of ether oxygens (including phenoxy) is 1. The Morgan fingerprint density at radius 1 is 1.11 bits per heavy atom. The van der Waals surface area contributed by atoms with E-state index in [0.717, 1.165) is 32.1 Å². The van der Waals surface area contributed by atoms with Crippen molar-refractivity contribution in [2.75, 3.05) is 19.8 Å². The van der Waals surface area contributed by atoms with Gasteiger partial charge in [-0.3, -0.25) is 4.79 Å². The van der Waals surface area contributed by atoms with Gasteiger partial charge in [0.25, 0.3) is 0 Å². The van der Waals surface area contributed by atoms with Crippen molar-refractivity contribution in [3.8, 4) is 0 Å². The van der Waals surface area contributed by atoms with Gasteiger partial charge in [-0.2, -0.15) is 0 Å². The van der Waals surface area contributed by atoms with E-state index in [0.29, 0.717) is 26.2 Å². The topological polar surface area (TPSA) is 66.8 Å². The highest BCUT2D eigenvalue weighted by molar-refractivity contribution is 5.85. The molecule has 0 radical (unpaired) electrons. The molecule has 0 aromatic heterocycles. The lowest BCUT2D eigenvalue weighted by Gasteiger charge is -2.32. The lowest BCUT2D eigenvalue weighted by Crippen LogP contribution is -2.48. The normalized spacial score (nSPS) is 29.7. The molecule has 2 rings (SSSR count). The highest BCUT2D eigenvalue weighted by atomic mass is 16.5. The Morgan fingerprint density at radius 3 is 2.61 bits per heavy atom. The smallest absolute Gasteiger partial charge is 0.326 e. The van der Waals surface area contributed by atoms with Crippen LogP contribution >= 0.6 is 0 Å². The van der Waals surface area contributed by atoms with Crippen LogP contribution in [-0.4, -0.2) is 47.7 Å². The zero-order valence-electron chi connectivity index (χ0n) is 10.6. The molecule has 0 bridgehead atoms. The van der Waals surface area contributed by atoms with Gasteiger partial charge in [0.05, 0.1) is 12.5 Å². The lowest BCUT2D eigenvalue weighted by molar-refractivity contribution is -0.154. The molecule has 1 amide bonds. The quantitative estimate of drug-likeness (QED) is 0.807. The molecule has 5 nitrogen and oxygen atoms in total.